The molecule has 1 atom stereocenters. The zero-order chi connectivity index (χ0) is 19.9. The van der Waals surface area contributed by atoms with Gasteiger partial charge >= 0.3 is 6.09 Å². The summed E-state index contributed by atoms with van der Waals surface area (Å²) in [6, 6.07) is 10.3. The highest BCUT2D eigenvalue weighted by Gasteiger charge is 2.34. The van der Waals surface area contributed by atoms with Gasteiger partial charge in [-0.3, -0.25) is 9.69 Å². The highest BCUT2D eigenvalue weighted by Crippen LogP contribution is 2.22. The molecule has 1 unspecified atom stereocenters. The lowest BCUT2D eigenvalue weighted by Crippen LogP contribution is -2.46. The number of carbonyl (C=O) groups is 2. The van der Waals surface area contributed by atoms with Crippen LogP contribution in [0.5, 0.6) is 0 Å². The van der Waals surface area contributed by atoms with Crippen LogP contribution in [0.4, 0.5) is 4.79 Å². The van der Waals surface area contributed by atoms with Crippen LogP contribution in [0.1, 0.15) is 38.7 Å². The normalized spacial score (nSPS) is 21.0. The molecule has 1 aromatic carbocycles. The summed E-state index contributed by atoms with van der Waals surface area (Å²) in [6.07, 6.45) is 2.52. The van der Waals surface area contributed by atoms with Crippen molar-refractivity contribution in [2.45, 2.75) is 45.7 Å². The lowest BCUT2D eigenvalue weighted by atomic mass is 10.1. The Labute approximate surface area is 168 Å². The highest BCUT2D eigenvalue weighted by molar-refractivity contribution is 5.82. The number of nitrogens with zero attached hydrogens (tertiary/aromatic N) is 3. The molecule has 3 rings (SSSR count). The summed E-state index contributed by atoms with van der Waals surface area (Å²) in [5, 5.41) is 0. The second kappa shape index (κ2) is 9.92. The van der Waals surface area contributed by atoms with Crippen LogP contribution in [-0.4, -0.2) is 72.1 Å². The number of benzene rings is 1. The molecule has 0 aliphatic carbocycles. The van der Waals surface area contributed by atoms with Gasteiger partial charge in [0.05, 0.1) is 12.6 Å². The lowest BCUT2D eigenvalue weighted by Gasteiger charge is -2.29. The lowest BCUT2D eigenvalue weighted by molar-refractivity contribution is -0.136. The molecule has 6 nitrogen and oxygen atoms in total. The maximum atomic E-state index is 13.2. The summed E-state index contributed by atoms with van der Waals surface area (Å²) in [5.74, 6) is 0.540. The summed E-state index contributed by atoms with van der Waals surface area (Å²) in [7, 11) is 0. The van der Waals surface area contributed by atoms with E-state index in [1.165, 1.54) is 5.56 Å². The molecule has 154 valence electrons. The number of carbonyl (C=O) groups excluding carboxylic acids is 2. The van der Waals surface area contributed by atoms with Crippen LogP contribution in [-0.2, 0) is 16.1 Å². The zero-order valence-electron chi connectivity index (χ0n) is 17.2. The standard InChI is InChI=1S/C22H33N3O3/c1-18(2)17-28-22(27)24-13-7-12-23(14-15-24)21(26)20-10-6-11-25(20)16-19-8-4-3-5-9-19/h3-5,8-9,18,20H,6-7,10-17H2,1-2H3. The molecule has 0 bridgehead atoms. The average Bonchev–Trinajstić information content (AvgIpc) is 3.00. The Morgan fingerprint density at radius 3 is 2.46 bits per heavy atom. The van der Waals surface area contributed by atoms with Gasteiger partial charge in [-0.2, -0.15) is 0 Å². The Bertz CT molecular complexity index is 650. The monoisotopic (exact) mass is 387 g/mol. The predicted molar refractivity (Wildman–Crippen MR) is 109 cm³/mol. The number of ether oxygens (including phenoxy) is 1. The van der Waals surface area contributed by atoms with Crippen molar-refractivity contribution in [3.05, 3.63) is 35.9 Å². The number of amides is 2. The van der Waals surface area contributed by atoms with Crippen molar-refractivity contribution < 1.29 is 14.3 Å². The van der Waals surface area contributed by atoms with Crippen LogP contribution in [0.2, 0.25) is 0 Å². The second-order valence-corrected chi connectivity index (χ2v) is 8.25. The van der Waals surface area contributed by atoms with E-state index >= 15 is 0 Å². The maximum absolute atomic E-state index is 13.2. The minimum Gasteiger partial charge on any atom is -0.449 e. The van der Waals surface area contributed by atoms with Crippen molar-refractivity contribution in [2.75, 3.05) is 39.3 Å². The molecule has 0 radical (unpaired) electrons. The van der Waals surface area contributed by atoms with E-state index in [2.05, 4.69) is 17.0 Å². The second-order valence-electron chi connectivity index (χ2n) is 8.25. The first kappa shape index (κ1) is 20.6. The van der Waals surface area contributed by atoms with Gasteiger partial charge in [0.25, 0.3) is 0 Å². The molecule has 28 heavy (non-hydrogen) atoms. The summed E-state index contributed by atoms with van der Waals surface area (Å²) < 4.78 is 5.35. The Hall–Kier alpha value is -2.08. The van der Waals surface area contributed by atoms with E-state index in [0.717, 1.165) is 32.4 Å². The summed E-state index contributed by atoms with van der Waals surface area (Å²) in [6.45, 7) is 8.78. The Morgan fingerprint density at radius 1 is 1.00 bits per heavy atom. The predicted octanol–water partition coefficient (Wildman–Crippen LogP) is 2.98. The fourth-order valence-electron chi connectivity index (χ4n) is 3.97. The molecule has 0 N–H and O–H groups in total. The van der Waals surface area contributed by atoms with E-state index in [1.807, 2.05) is 36.9 Å². The van der Waals surface area contributed by atoms with Crippen LogP contribution in [0.25, 0.3) is 0 Å². The van der Waals surface area contributed by atoms with Crippen LogP contribution >= 0.6 is 0 Å². The molecule has 2 amide bonds. The first-order chi connectivity index (χ1) is 13.5. The molecule has 6 heteroatoms. The van der Waals surface area contributed by atoms with E-state index in [0.29, 0.717) is 38.7 Å². The molecule has 2 heterocycles. The van der Waals surface area contributed by atoms with Gasteiger partial charge in [-0.25, -0.2) is 4.79 Å². The number of likely N-dealkylation sites (tertiary alicyclic amines) is 1. The van der Waals surface area contributed by atoms with Gasteiger partial charge in [0, 0.05) is 32.7 Å². The molecular weight excluding hydrogens is 354 g/mol. The number of hydrogen-bond acceptors (Lipinski definition) is 4. The quantitative estimate of drug-likeness (QED) is 0.779. The first-order valence-corrected chi connectivity index (χ1v) is 10.5. The molecule has 2 fully saturated rings. The van der Waals surface area contributed by atoms with Crippen LogP contribution in [0, 0.1) is 5.92 Å². The van der Waals surface area contributed by atoms with E-state index in [-0.39, 0.29) is 18.0 Å². The van der Waals surface area contributed by atoms with Crippen molar-refractivity contribution in [1.29, 1.82) is 0 Å². The Kier molecular flexibility index (Phi) is 7.31. The van der Waals surface area contributed by atoms with E-state index < -0.39 is 0 Å². The van der Waals surface area contributed by atoms with Crippen molar-refractivity contribution >= 4 is 12.0 Å². The maximum Gasteiger partial charge on any atom is 0.409 e. The first-order valence-electron chi connectivity index (χ1n) is 10.5. The van der Waals surface area contributed by atoms with Gasteiger partial charge in [-0.1, -0.05) is 44.2 Å². The number of rotatable bonds is 5. The summed E-state index contributed by atoms with van der Waals surface area (Å²) in [5.41, 5.74) is 1.25. The van der Waals surface area contributed by atoms with E-state index in [1.54, 1.807) is 4.90 Å². The largest absolute Gasteiger partial charge is 0.449 e. The van der Waals surface area contributed by atoms with Gasteiger partial charge in [0.1, 0.15) is 0 Å². The molecule has 2 aliphatic rings. The van der Waals surface area contributed by atoms with Crippen molar-refractivity contribution in [2.24, 2.45) is 5.92 Å². The van der Waals surface area contributed by atoms with Gasteiger partial charge in [0.2, 0.25) is 5.91 Å². The molecule has 2 saturated heterocycles. The molecule has 0 spiro atoms. The smallest absolute Gasteiger partial charge is 0.409 e. The minimum absolute atomic E-state index is 0.0420. The fourth-order valence-corrected chi connectivity index (χ4v) is 3.97. The van der Waals surface area contributed by atoms with Crippen molar-refractivity contribution in [1.82, 2.24) is 14.7 Å². The van der Waals surface area contributed by atoms with Crippen molar-refractivity contribution in [3.63, 3.8) is 0 Å². The summed E-state index contributed by atoms with van der Waals surface area (Å²) >= 11 is 0. The topological polar surface area (TPSA) is 53.1 Å². The molecular formula is C22H33N3O3. The van der Waals surface area contributed by atoms with Crippen LogP contribution in [0.3, 0.4) is 0 Å². The van der Waals surface area contributed by atoms with Gasteiger partial charge in [-0.05, 0) is 37.3 Å². The third-order valence-corrected chi connectivity index (χ3v) is 5.48. The van der Waals surface area contributed by atoms with Gasteiger partial charge in [-0.15, -0.1) is 0 Å². The molecule has 0 aromatic heterocycles. The van der Waals surface area contributed by atoms with Crippen molar-refractivity contribution in [3.8, 4) is 0 Å². The van der Waals surface area contributed by atoms with Crippen LogP contribution < -0.4 is 0 Å². The molecule has 1 aromatic rings. The third-order valence-electron chi connectivity index (χ3n) is 5.48. The minimum atomic E-state index is -0.255. The van der Waals surface area contributed by atoms with Gasteiger partial charge < -0.3 is 14.5 Å². The Balaban J connectivity index is 1.54. The van der Waals surface area contributed by atoms with Crippen LogP contribution in [0.15, 0.2) is 30.3 Å². The SMILES string of the molecule is CC(C)COC(=O)N1CCCN(C(=O)C2CCCN2Cc2ccccc2)CC1. The zero-order valence-corrected chi connectivity index (χ0v) is 17.2. The van der Waals surface area contributed by atoms with E-state index in [9.17, 15) is 9.59 Å². The third kappa shape index (κ3) is 5.47. The van der Waals surface area contributed by atoms with Gasteiger partial charge in [0.15, 0.2) is 0 Å². The highest BCUT2D eigenvalue weighted by atomic mass is 16.6. The van der Waals surface area contributed by atoms with E-state index in [4.69, 9.17) is 4.74 Å². The Morgan fingerprint density at radius 2 is 1.71 bits per heavy atom. The average molecular weight is 388 g/mol. The fraction of sp³-hybridized carbons (Fsp3) is 0.636. The number of hydrogen-bond donors (Lipinski definition) is 0. The molecule has 2 aliphatic heterocycles. The summed E-state index contributed by atoms with van der Waals surface area (Å²) in [4.78, 5) is 31.4. The molecule has 0 saturated carbocycles.